The van der Waals surface area contributed by atoms with Crippen LogP contribution in [-0.2, 0) is 37.3 Å². The first-order valence-corrected chi connectivity index (χ1v) is 17.1. The van der Waals surface area contributed by atoms with E-state index in [2.05, 4.69) is 10.2 Å². The predicted octanol–water partition coefficient (Wildman–Crippen LogP) is 2.72. The molecule has 0 amide bonds. The Kier molecular flexibility index (Phi) is 10.2. The van der Waals surface area contributed by atoms with Crippen LogP contribution in [0.4, 0.5) is 11.6 Å². The Hall–Kier alpha value is -4.70. The molecule has 14 nitrogen and oxygen atoms in total. The molecule has 2 aromatic heterocycles. The third-order valence-corrected chi connectivity index (χ3v) is 8.63. The minimum Gasteiger partial charge on any atom is -0.477 e. The average Bonchev–Trinajstić information content (AvgIpc) is 3.48. The van der Waals surface area contributed by atoms with E-state index in [1.165, 1.54) is 45.8 Å². The van der Waals surface area contributed by atoms with Gasteiger partial charge >= 0.3 is 11.9 Å². The maximum Gasteiger partial charge on any atom is 0.343 e. The molecule has 16 heteroatoms. The molecule has 0 aliphatic carbocycles. The third kappa shape index (κ3) is 7.26. The van der Waals surface area contributed by atoms with E-state index in [0.717, 1.165) is 12.5 Å². The van der Waals surface area contributed by atoms with Crippen molar-refractivity contribution in [2.24, 2.45) is 0 Å². The molecule has 4 aromatic rings. The summed E-state index contributed by atoms with van der Waals surface area (Å²) >= 11 is 0. The molecule has 0 aliphatic heterocycles. The molecule has 0 radical (unpaired) electrons. The van der Waals surface area contributed by atoms with Crippen molar-refractivity contribution in [2.75, 3.05) is 30.6 Å². The average molecular weight is 647 g/mol. The number of hydrogen-bond donors (Lipinski definition) is 3. The van der Waals surface area contributed by atoms with Crippen molar-refractivity contribution in [3.63, 3.8) is 0 Å². The number of carboxylic acid groups (broad SMARTS) is 1. The summed E-state index contributed by atoms with van der Waals surface area (Å²) in [5.74, 6) is -1.46. The van der Waals surface area contributed by atoms with Crippen molar-refractivity contribution in [2.45, 2.75) is 43.4 Å². The van der Waals surface area contributed by atoms with E-state index >= 15 is 0 Å². The number of carbonyl (C=O) groups is 2. The molecule has 44 heavy (non-hydrogen) atoms. The van der Waals surface area contributed by atoms with Gasteiger partial charge in [0, 0.05) is 12.5 Å². The Bertz CT molecular complexity index is 1890. The van der Waals surface area contributed by atoms with Crippen LogP contribution in [0, 0.1) is 0 Å². The van der Waals surface area contributed by atoms with Crippen LogP contribution in [0.2, 0.25) is 0 Å². The van der Waals surface area contributed by atoms with Gasteiger partial charge in [-0.2, -0.15) is 10.2 Å². The number of benzene rings is 2. The summed E-state index contributed by atoms with van der Waals surface area (Å²) in [6.45, 7) is 5.61. The lowest BCUT2D eigenvalue weighted by molar-refractivity contribution is 0.0525. The van der Waals surface area contributed by atoms with E-state index in [-0.39, 0.29) is 39.2 Å². The molecule has 0 bridgehead atoms. The number of ether oxygens (including phenoxy) is 1. The number of nitrogens with zero attached hydrogens (tertiary/aromatic N) is 4. The maximum absolute atomic E-state index is 12.0. The number of aromatic carboxylic acids is 1. The topological polar surface area (TPSA) is 220 Å². The fraction of sp³-hybridized carbons (Fsp3) is 0.286. The molecule has 2 aromatic carbocycles. The third-order valence-electron chi connectivity index (χ3n) is 6.37. The van der Waals surface area contributed by atoms with E-state index in [1.54, 1.807) is 26.0 Å². The molecule has 0 spiro atoms. The Balaban J connectivity index is 0.000000241. The Labute approximate surface area is 255 Å². The summed E-state index contributed by atoms with van der Waals surface area (Å²) in [7, 11) is -6.56. The molecule has 2 heterocycles. The Morgan fingerprint density at radius 1 is 0.727 bits per heavy atom. The highest BCUT2D eigenvalue weighted by atomic mass is 32.2. The fourth-order valence-electron chi connectivity index (χ4n) is 4.17. The number of rotatable bonds is 9. The summed E-state index contributed by atoms with van der Waals surface area (Å²) in [5.41, 5.74) is 14.1. The molecule has 5 N–H and O–H groups in total. The molecular formula is C28H34N6O8S2. The zero-order valence-electron chi connectivity index (χ0n) is 24.8. The molecule has 0 atom stereocenters. The SMILES string of the molecule is CCOC(=O)c1c(CC)nn(-c2ccc(S(C)(=O)=O)cc2)c1N.CCc1nn(-c2ccc(S(C)(=O)=O)cc2)c(N)c1C(=O)O. The summed E-state index contributed by atoms with van der Waals surface area (Å²) in [6, 6.07) is 12.1. The largest absolute Gasteiger partial charge is 0.477 e. The summed E-state index contributed by atoms with van der Waals surface area (Å²) in [4.78, 5) is 23.6. The van der Waals surface area contributed by atoms with E-state index in [4.69, 9.17) is 16.2 Å². The summed E-state index contributed by atoms with van der Waals surface area (Å²) in [5, 5.41) is 17.7. The van der Waals surface area contributed by atoms with Gasteiger partial charge < -0.3 is 21.3 Å². The van der Waals surface area contributed by atoms with Crippen LogP contribution in [0.15, 0.2) is 58.3 Å². The van der Waals surface area contributed by atoms with Gasteiger partial charge in [0.1, 0.15) is 22.8 Å². The highest BCUT2D eigenvalue weighted by Gasteiger charge is 2.23. The van der Waals surface area contributed by atoms with Gasteiger partial charge in [-0.1, -0.05) is 13.8 Å². The second-order valence-corrected chi connectivity index (χ2v) is 13.5. The highest BCUT2D eigenvalue weighted by molar-refractivity contribution is 7.91. The Morgan fingerprint density at radius 2 is 1.09 bits per heavy atom. The number of sulfone groups is 2. The minimum atomic E-state index is -3.29. The molecule has 0 saturated carbocycles. The molecule has 236 valence electrons. The quantitative estimate of drug-likeness (QED) is 0.224. The first kappa shape index (κ1) is 33.8. The number of esters is 1. The zero-order chi connectivity index (χ0) is 33.0. The van der Waals surface area contributed by atoms with Crippen molar-refractivity contribution in [1.82, 2.24) is 19.6 Å². The van der Waals surface area contributed by atoms with Crippen LogP contribution < -0.4 is 11.5 Å². The standard InChI is InChI=1S/C15H19N3O4S.C13H15N3O4S/c1-4-12-13(15(19)22-5-2)14(16)18(17-12)10-6-8-11(9-7-10)23(3,20)21;1-3-10-11(13(17)18)12(14)16(15-10)8-4-6-9(7-5-8)21(2,19)20/h6-9H,4-5,16H2,1-3H3;4-7H,3,14H2,1-2H3,(H,17,18). The zero-order valence-corrected chi connectivity index (χ0v) is 26.4. The van der Waals surface area contributed by atoms with Crippen LogP contribution in [-0.4, -0.2) is 72.6 Å². The number of carbonyl (C=O) groups excluding carboxylic acids is 1. The van der Waals surface area contributed by atoms with Gasteiger partial charge in [-0.25, -0.2) is 35.8 Å². The van der Waals surface area contributed by atoms with Crippen LogP contribution in [0.25, 0.3) is 11.4 Å². The van der Waals surface area contributed by atoms with Crippen LogP contribution in [0.3, 0.4) is 0 Å². The van der Waals surface area contributed by atoms with E-state index < -0.39 is 31.6 Å². The number of hydrogen-bond acceptors (Lipinski definition) is 11. The van der Waals surface area contributed by atoms with Crippen LogP contribution in [0.1, 0.15) is 52.9 Å². The molecule has 0 aliphatic rings. The lowest BCUT2D eigenvalue weighted by Crippen LogP contribution is -2.10. The van der Waals surface area contributed by atoms with Gasteiger partial charge in [-0.15, -0.1) is 0 Å². The van der Waals surface area contributed by atoms with Crippen molar-refractivity contribution < 1.29 is 36.3 Å². The van der Waals surface area contributed by atoms with Crippen molar-refractivity contribution in [1.29, 1.82) is 0 Å². The maximum atomic E-state index is 12.0. The molecule has 4 rings (SSSR count). The molecule has 0 unspecified atom stereocenters. The van der Waals surface area contributed by atoms with Gasteiger partial charge in [0.15, 0.2) is 19.7 Å². The van der Waals surface area contributed by atoms with Gasteiger partial charge in [0.25, 0.3) is 0 Å². The summed E-state index contributed by atoms with van der Waals surface area (Å²) < 4.78 is 53.6. The number of nitrogen functional groups attached to an aromatic ring is 2. The van der Waals surface area contributed by atoms with Gasteiger partial charge in [-0.3, -0.25) is 0 Å². The van der Waals surface area contributed by atoms with E-state index in [9.17, 15) is 31.5 Å². The van der Waals surface area contributed by atoms with Crippen molar-refractivity contribution >= 4 is 43.2 Å². The monoisotopic (exact) mass is 646 g/mol. The highest BCUT2D eigenvalue weighted by Crippen LogP contribution is 2.24. The number of carboxylic acids is 1. The number of aromatic nitrogens is 4. The second-order valence-electron chi connectivity index (χ2n) is 9.50. The predicted molar refractivity (Wildman–Crippen MR) is 164 cm³/mol. The number of nitrogens with two attached hydrogens (primary N) is 2. The second kappa shape index (κ2) is 13.3. The van der Waals surface area contributed by atoms with E-state index in [0.29, 0.717) is 35.6 Å². The lowest BCUT2D eigenvalue weighted by atomic mass is 10.2. The minimum absolute atomic E-state index is 0.0199. The number of anilines is 2. The normalized spacial score (nSPS) is 11.5. The van der Waals surface area contributed by atoms with Gasteiger partial charge in [-0.05, 0) is 68.3 Å². The molecule has 0 fully saturated rings. The van der Waals surface area contributed by atoms with Gasteiger partial charge in [0.05, 0.1) is 39.2 Å². The van der Waals surface area contributed by atoms with Crippen molar-refractivity contribution in [3.8, 4) is 11.4 Å². The van der Waals surface area contributed by atoms with Crippen LogP contribution in [0.5, 0.6) is 0 Å². The summed E-state index contributed by atoms with van der Waals surface area (Å²) in [6.07, 6.45) is 3.20. The number of aryl methyl sites for hydroxylation is 2. The Morgan fingerprint density at radius 3 is 1.39 bits per heavy atom. The van der Waals surface area contributed by atoms with Crippen molar-refractivity contribution in [3.05, 3.63) is 71.0 Å². The molecule has 0 saturated heterocycles. The lowest BCUT2D eigenvalue weighted by Gasteiger charge is -2.06. The first-order valence-electron chi connectivity index (χ1n) is 13.3. The van der Waals surface area contributed by atoms with E-state index in [1.807, 2.05) is 6.92 Å². The fourth-order valence-corrected chi connectivity index (χ4v) is 5.43. The first-order chi connectivity index (χ1) is 20.5. The van der Waals surface area contributed by atoms with Gasteiger partial charge in [0.2, 0.25) is 0 Å². The smallest absolute Gasteiger partial charge is 0.343 e. The molecular weight excluding hydrogens is 612 g/mol. The van der Waals surface area contributed by atoms with Crippen LogP contribution >= 0.6 is 0 Å².